The summed E-state index contributed by atoms with van der Waals surface area (Å²) in [7, 11) is 0. The van der Waals surface area contributed by atoms with Crippen LogP contribution in [0.2, 0.25) is 0 Å². The number of nitrogens with one attached hydrogen (secondary N) is 1. The molecule has 18 heavy (non-hydrogen) atoms. The van der Waals surface area contributed by atoms with Gasteiger partial charge in [0, 0.05) is 18.3 Å². The number of hydrogen-bond acceptors (Lipinski definition) is 2. The van der Waals surface area contributed by atoms with Crippen LogP contribution in [0.1, 0.15) is 17.3 Å². The summed E-state index contributed by atoms with van der Waals surface area (Å²) in [5.41, 5.74) is 1.80. The molecule has 1 heterocycles. The summed E-state index contributed by atoms with van der Waals surface area (Å²) in [6, 6.07) is 14.8. The van der Waals surface area contributed by atoms with Gasteiger partial charge in [0.05, 0.1) is 6.04 Å². The van der Waals surface area contributed by atoms with Gasteiger partial charge in [0.2, 0.25) is 0 Å². The molecule has 4 nitrogen and oxygen atoms in total. The van der Waals surface area contributed by atoms with E-state index in [0.29, 0.717) is 6.42 Å². The van der Waals surface area contributed by atoms with E-state index in [1.807, 2.05) is 48.5 Å². The van der Waals surface area contributed by atoms with Gasteiger partial charge in [-0.05, 0) is 17.7 Å². The molecule has 2 rings (SSSR count). The molecule has 0 aliphatic rings. The van der Waals surface area contributed by atoms with Crippen molar-refractivity contribution >= 4 is 6.09 Å². The molecule has 0 radical (unpaired) electrons. The normalized spacial score (nSPS) is 11.8. The van der Waals surface area contributed by atoms with E-state index in [0.717, 1.165) is 11.3 Å². The van der Waals surface area contributed by atoms with Crippen molar-refractivity contribution in [2.24, 2.45) is 0 Å². The lowest BCUT2D eigenvalue weighted by Gasteiger charge is -2.16. The zero-order chi connectivity index (χ0) is 12.8. The lowest BCUT2D eigenvalue weighted by atomic mass is 10.0. The summed E-state index contributed by atoms with van der Waals surface area (Å²) < 4.78 is 0. The summed E-state index contributed by atoms with van der Waals surface area (Å²) >= 11 is 0. The molecular weight excluding hydrogens is 228 g/mol. The van der Waals surface area contributed by atoms with Gasteiger partial charge in [-0.25, -0.2) is 4.79 Å². The van der Waals surface area contributed by atoms with Crippen LogP contribution in [0, 0.1) is 0 Å². The Morgan fingerprint density at radius 3 is 2.50 bits per heavy atom. The third-order valence-corrected chi connectivity index (χ3v) is 2.64. The van der Waals surface area contributed by atoms with Gasteiger partial charge in [0.1, 0.15) is 0 Å². The summed E-state index contributed by atoms with van der Waals surface area (Å²) in [4.78, 5) is 15.1. The van der Waals surface area contributed by atoms with Crippen LogP contribution in [-0.2, 0) is 6.42 Å². The van der Waals surface area contributed by atoms with Crippen molar-refractivity contribution < 1.29 is 9.90 Å². The molecule has 0 saturated heterocycles. The monoisotopic (exact) mass is 242 g/mol. The molecule has 0 spiro atoms. The fraction of sp³-hybridized carbons (Fsp3) is 0.143. The van der Waals surface area contributed by atoms with Gasteiger partial charge < -0.3 is 10.4 Å². The van der Waals surface area contributed by atoms with Crippen LogP contribution in [0.4, 0.5) is 4.79 Å². The zero-order valence-corrected chi connectivity index (χ0v) is 9.78. The van der Waals surface area contributed by atoms with Crippen molar-refractivity contribution in [1.29, 1.82) is 0 Å². The second kappa shape index (κ2) is 5.82. The molecule has 0 saturated carbocycles. The van der Waals surface area contributed by atoms with Crippen molar-refractivity contribution in [2.75, 3.05) is 0 Å². The Morgan fingerprint density at radius 1 is 1.17 bits per heavy atom. The van der Waals surface area contributed by atoms with E-state index in [-0.39, 0.29) is 6.04 Å². The summed E-state index contributed by atoms with van der Waals surface area (Å²) in [6.45, 7) is 0. The fourth-order valence-electron chi connectivity index (χ4n) is 1.81. The molecule has 0 aliphatic carbocycles. The Bertz CT molecular complexity index is 500. The average Bonchev–Trinajstić information content (AvgIpc) is 2.40. The maximum atomic E-state index is 10.8. The van der Waals surface area contributed by atoms with Crippen molar-refractivity contribution in [3.63, 3.8) is 0 Å². The van der Waals surface area contributed by atoms with Gasteiger partial charge in [-0.15, -0.1) is 0 Å². The third-order valence-electron chi connectivity index (χ3n) is 2.64. The van der Waals surface area contributed by atoms with E-state index in [9.17, 15) is 4.79 Å². The highest BCUT2D eigenvalue weighted by Gasteiger charge is 2.14. The lowest BCUT2D eigenvalue weighted by molar-refractivity contribution is 0.189. The second-order valence-corrected chi connectivity index (χ2v) is 3.94. The molecule has 0 bridgehead atoms. The highest BCUT2D eigenvalue weighted by atomic mass is 16.4. The van der Waals surface area contributed by atoms with Gasteiger partial charge in [-0.1, -0.05) is 36.4 Å². The molecule has 1 amide bonds. The predicted molar refractivity (Wildman–Crippen MR) is 68.3 cm³/mol. The van der Waals surface area contributed by atoms with E-state index in [2.05, 4.69) is 10.3 Å². The minimum Gasteiger partial charge on any atom is -0.465 e. The first kappa shape index (κ1) is 12.1. The van der Waals surface area contributed by atoms with E-state index < -0.39 is 6.09 Å². The van der Waals surface area contributed by atoms with Crippen LogP contribution >= 0.6 is 0 Å². The molecule has 92 valence electrons. The molecule has 1 aromatic heterocycles. The Kier molecular flexibility index (Phi) is 3.91. The van der Waals surface area contributed by atoms with Crippen LogP contribution in [0.3, 0.4) is 0 Å². The van der Waals surface area contributed by atoms with Crippen LogP contribution in [0.5, 0.6) is 0 Å². The van der Waals surface area contributed by atoms with Crippen LogP contribution in [0.15, 0.2) is 54.7 Å². The minimum absolute atomic E-state index is 0.279. The number of carbonyl (C=O) groups is 1. The molecule has 1 aromatic carbocycles. The second-order valence-electron chi connectivity index (χ2n) is 3.94. The molecular formula is C14H14N2O2. The van der Waals surface area contributed by atoms with Gasteiger partial charge in [0.15, 0.2) is 0 Å². The van der Waals surface area contributed by atoms with Gasteiger partial charge in [0.25, 0.3) is 0 Å². The Labute approximate surface area is 105 Å². The maximum absolute atomic E-state index is 10.8. The third kappa shape index (κ3) is 3.31. The lowest BCUT2D eigenvalue weighted by Crippen LogP contribution is -2.28. The first-order valence-corrected chi connectivity index (χ1v) is 5.70. The number of carboxylic acid groups (broad SMARTS) is 1. The van der Waals surface area contributed by atoms with E-state index in [4.69, 9.17) is 5.11 Å². The van der Waals surface area contributed by atoms with E-state index >= 15 is 0 Å². The highest BCUT2D eigenvalue weighted by molar-refractivity contribution is 5.65. The molecule has 1 atom stereocenters. The topological polar surface area (TPSA) is 62.2 Å². The van der Waals surface area contributed by atoms with Crippen LogP contribution in [0.25, 0.3) is 0 Å². The molecule has 4 heteroatoms. The number of pyridine rings is 1. The number of hydrogen-bond donors (Lipinski definition) is 2. The van der Waals surface area contributed by atoms with Gasteiger partial charge in [-0.3, -0.25) is 4.98 Å². The Balaban J connectivity index is 2.18. The Morgan fingerprint density at radius 2 is 1.89 bits per heavy atom. The molecule has 1 unspecified atom stereocenters. The summed E-state index contributed by atoms with van der Waals surface area (Å²) in [5, 5.41) is 11.4. The van der Waals surface area contributed by atoms with Gasteiger partial charge >= 0.3 is 6.09 Å². The van der Waals surface area contributed by atoms with Crippen molar-refractivity contribution in [2.45, 2.75) is 12.5 Å². The number of amides is 1. The Hall–Kier alpha value is -2.36. The smallest absolute Gasteiger partial charge is 0.405 e. The first-order chi connectivity index (χ1) is 8.75. The van der Waals surface area contributed by atoms with E-state index in [1.165, 1.54) is 0 Å². The molecule has 2 N–H and O–H groups in total. The summed E-state index contributed by atoms with van der Waals surface area (Å²) in [6.07, 6.45) is 1.22. The quantitative estimate of drug-likeness (QED) is 0.866. The highest BCUT2D eigenvalue weighted by Crippen LogP contribution is 2.17. The molecule has 0 fully saturated rings. The number of nitrogens with zero attached hydrogens (tertiary/aromatic N) is 1. The minimum atomic E-state index is -1.03. The van der Waals surface area contributed by atoms with Crippen LogP contribution < -0.4 is 5.32 Å². The average molecular weight is 242 g/mol. The molecule has 0 aliphatic heterocycles. The number of aromatic nitrogens is 1. The van der Waals surface area contributed by atoms with Crippen molar-refractivity contribution in [3.05, 3.63) is 66.0 Å². The van der Waals surface area contributed by atoms with Gasteiger partial charge in [-0.2, -0.15) is 0 Å². The molecule has 2 aromatic rings. The standard InChI is InChI=1S/C14H14N2O2/c17-14(18)16-13(11-6-2-1-3-7-11)10-12-8-4-5-9-15-12/h1-9,13,16H,10H2,(H,17,18). The fourth-order valence-corrected chi connectivity index (χ4v) is 1.81. The largest absolute Gasteiger partial charge is 0.465 e. The predicted octanol–water partition coefficient (Wildman–Crippen LogP) is 2.63. The van der Waals surface area contributed by atoms with Crippen molar-refractivity contribution in [3.8, 4) is 0 Å². The van der Waals surface area contributed by atoms with Crippen molar-refractivity contribution in [1.82, 2.24) is 10.3 Å². The van der Waals surface area contributed by atoms with E-state index in [1.54, 1.807) is 6.20 Å². The first-order valence-electron chi connectivity index (χ1n) is 5.70. The number of rotatable bonds is 4. The van der Waals surface area contributed by atoms with Crippen LogP contribution in [-0.4, -0.2) is 16.2 Å². The zero-order valence-electron chi connectivity index (χ0n) is 9.78. The summed E-state index contributed by atoms with van der Waals surface area (Å²) in [5.74, 6) is 0. The maximum Gasteiger partial charge on any atom is 0.405 e. The number of benzene rings is 1. The SMILES string of the molecule is O=C(O)NC(Cc1ccccn1)c1ccccc1.